The van der Waals surface area contributed by atoms with Crippen molar-refractivity contribution in [2.24, 2.45) is 17.8 Å². The number of carbonyl (C=O) groups is 2. The number of rotatable bonds is 30. The minimum atomic E-state index is -2.36. The first-order valence-corrected chi connectivity index (χ1v) is 23.9. The third kappa shape index (κ3) is 22.0. The maximum atomic E-state index is 12.6. The maximum Gasteiger partial charge on any atom is 0.311 e. The average Bonchev–Trinajstić information content (AvgIpc) is 3.22. The lowest BCUT2D eigenvalue weighted by Crippen LogP contribution is -2.67. The zero-order valence-corrected chi connectivity index (χ0v) is 41.2. The van der Waals surface area contributed by atoms with Crippen molar-refractivity contribution in [1.29, 1.82) is 0 Å². The number of ether oxygens (including phenoxy) is 3. The number of hydrogen-bond donors (Lipinski definition) is 12. The molecule has 2 rings (SSSR count). The van der Waals surface area contributed by atoms with Crippen LogP contribution in [0.1, 0.15) is 91.9 Å². The van der Waals surface area contributed by atoms with E-state index in [2.05, 4.69) is 0 Å². The number of hydrogen-bond acceptors (Lipinski definition) is 17. The van der Waals surface area contributed by atoms with E-state index in [-0.39, 0.29) is 48.4 Å². The van der Waals surface area contributed by atoms with Crippen LogP contribution in [0.4, 0.5) is 0 Å². The van der Waals surface area contributed by atoms with Crippen molar-refractivity contribution in [3.63, 3.8) is 0 Å². The summed E-state index contributed by atoms with van der Waals surface area (Å²) in [6, 6.07) is -0.757. The highest BCUT2D eigenvalue weighted by Gasteiger charge is 2.53. The van der Waals surface area contributed by atoms with Gasteiger partial charge in [0.05, 0.1) is 88.3 Å². The van der Waals surface area contributed by atoms with Gasteiger partial charge in [-0.3, -0.25) is 4.79 Å². The van der Waals surface area contributed by atoms with Gasteiger partial charge >= 0.3 is 5.97 Å². The van der Waals surface area contributed by atoms with Crippen molar-refractivity contribution < 1.29 is 94.7 Å². The number of aliphatic hydroxyl groups excluding tert-OH is 10. The second kappa shape index (κ2) is 30.0. The number of quaternary nitrogens is 1. The molecule has 0 aliphatic carbocycles. The third-order valence-corrected chi connectivity index (χ3v) is 12.8. The van der Waals surface area contributed by atoms with Gasteiger partial charge < -0.3 is 89.9 Å². The fourth-order valence-corrected chi connectivity index (χ4v) is 8.62. The summed E-state index contributed by atoms with van der Waals surface area (Å²) in [6.45, 7) is 6.99. The van der Waals surface area contributed by atoms with Gasteiger partial charge in [-0.25, -0.2) is 0 Å². The summed E-state index contributed by atoms with van der Waals surface area (Å²) in [4.78, 5) is 23.3. The normalized spacial score (nSPS) is 30.8. The molecule has 0 spiro atoms. The summed E-state index contributed by atoms with van der Waals surface area (Å²) < 4.78 is 18.3. The van der Waals surface area contributed by atoms with E-state index in [0.717, 1.165) is 12.8 Å². The summed E-state index contributed by atoms with van der Waals surface area (Å²) in [5.74, 6) is -7.27. The van der Waals surface area contributed by atoms with Crippen LogP contribution in [0.15, 0.2) is 72.9 Å². The van der Waals surface area contributed by atoms with Gasteiger partial charge in [0.1, 0.15) is 18.1 Å². The van der Waals surface area contributed by atoms with Gasteiger partial charge in [0.25, 0.3) is 0 Å². The molecule has 19 atom stereocenters. The van der Waals surface area contributed by atoms with Crippen LogP contribution in [0, 0.1) is 17.8 Å². The molecule has 0 aromatic heterocycles. The first-order valence-electron chi connectivity index (χ1n) is 23.9. The van der Waals surface area contributed by atoms with Gasteiger partial charge in [-0.15, -0.1) is 0 Å². The van der Waals surface area contributed by atoms with Crippen LogP contribution in [0.25, 0.3) is 0 Å². The molecular weight excluding hydrogens is 903 g/mol. The van der Waals surface area contributed by atoms with Crippen molar-refractivity contribution in [1.82, 2.24) is 0 Å². The van der Waals surface area contributed by atoms with E-state index < -0.39 is 135 Å². The van der Waals surface area contributed by atoms with E-state index in [1.807, 2.05) is 56.4 Å². The molecule has 2 aliphatic rings. The second-order valence-corrected chi connectivity index (χ2v) is 19.8. The number of carboxylic acids is 2. The topological polar surface area (TPSA) is 328 Å². The Balaban J connectivity index is 2.20. The Hall–Kier alpha value is -3.22. The van der Waals surface area contributed by atoms with Gasteiger partial charge in [-0.1, -0.05) is 86.8 Å². The van der Waals surface area contributed by atoms with Crippen molar-refractivity contribution in [3.8, 4) is 0 Å². The number of likely N-dealkylation sites (N-methyl/N-ethyl adjacent to an activating group) is 1. The summed E-state index contributed by atoms with van der Waals surface area (Å²) in [7, 11) is 5.36. The zero-order chi connectivity index (χ0) is 52.2. The molecule has 2 saturated heterocycles. The zero-order valence-electron chi connectivity index (χ0n) is 41.2. The van der Waals surface area contributed by atoms with Crippen LogP contribution in [0.2, 0.25) is 0 Å². The molecule has 2 fully saturated rings. The number of allylic oxidation sites excluding steroid dienone is 10. The van der Waals surface area contributed by atoms with E-state index in [4.69, 9.17) is 14.2 Å². The highest BCUT2D eigenvalue weighted by molar-refractivity contribution is 5.71. The number of aliphatic carboxylic acids is 2. The van der Waals surface area contributed by atoms with E-state index in [1.54, 1.807) is 65.4 Å². The Morgan fingerprint density at radius 2 is 1.35 bits per heavy atom. The highest BCUT2D eigenvalue weighted by Crippen LogP contribution is 2.38. The number of unbranched alkanes of at least 4 members (excludes halogenated alkanes) is 1. The van der Waals surface area contributed by atoms with E-state index in [1.165, 1.54) is 0 Å². The largest absolute Gasteiger partial charge is 0.550 e. The molecule has 1 unspecified atom stereocenters. The second-order valence-electron chi connectivity index (χ2n) is 19.8. The predicted octanol–water partition coefficient (Wildman–Crippen LogP) is -0.131. The van der Waals surface area contributed by atoms with Gasteiger partial charge in [0.2, 0.25) is 0 Å². The molecule has 12 N–H and O–H groups in total. The minimum absolute atomic E-state index is 0.109. The lowest BCUT2D eigenvalue weighted by molar-refractivity contribution is -0.907. The Labute approximate surface area is 406 Å². The summed E-state index contributed by atoms with van der Waals surface area (Å²) in [6.07, 6.45) is 2.72. The van der Waals surface area contributed by atoms with E-state index in [9.17, 15) is 76.0 Å². The summed E-state index contributed by atoms with van der Waals surface area (Å²) >= 11 is 0. The molecule has 0 aromatic rings. The van der Waals surface area contributed by atoms with Crippen LogP contribution >= 0.6 is 0 Å². The number of carboxylic acid groups (broad SMARTS) is 2. The van der Waals surface area contributed by atoms with Crippen LogP contribution < -0.4 is 5.11 Å². The van der Waals surface area contributed by atoms with Crippen LogP contribution in [0.5, 0.6) is 0 Å². The number of nitrogens with zero attached hydrogens (tertiary/aromatic N) is 1. The van der Waals surface area contributed by atoms with E-state index in [0.29, 0.717) is 0 Å². The van der Waals surface area contributed by atoms with Crippen molar-refractivity contribution in [2.45, 2.75) is 189 Å². The molecule has 0 aromatic carbocycles. The molecule has 69 heavy (non-hydrogen) atoms. The maximum absolute atomic E-state index is 12.6. The standard InChI is InChI=1S/C50H83NO18/c1-30(45(61)31(2)32(3)52)20-18-16-14-12-10-8-9-11-13-15-17-19-21-37(68-49-47(63)44(51(5,6)7)46(62)33(4)67-49)27-41-43(48(64)65)40(58)29-50(66,69-41)28-39(57)38(56)23-22-34(53)24-35(54)25-36(55)26-42(59)60/h8-9,11,13-21,30-41,43-47,49,52-58,61-63,66H,10,12,22-29H2,1-7H3,(H-,59,60,64,65)/b9-8+,13-11+,16-14+,17-15+,20-18+,21-19+/t30-,31-,32-,33+,34+,35+,36+,37-,38+,39+,40-,41-,43+,44-,45+,46+,47-,49?,50+/m0/s1. The molecule has 2 heterocycles. The minimum Gasteiger partial charge on any atom is -0.550 e. The first-order chi connectivity index (χ1) is 32.2. The fourth-order valence-electron chi connectivity index (χ4n) is 8.62. The smallest absolute Gasteiger partial charge is 0.311 e. The molecule has 0 radical (unpaired) electrons. The first kappa shape index (κ1) is 61.9. The molecule has 0 bridgehead atoms. The summed E-state index contributed by atoms with van der Waals surface area (Å²) in [5.41, 5.74) is 0. The average molecular weight is 986 g/mol. The Bertz CT molecular complexity index is 1700. The van der Waals surface area contributed by atoms with E-state index >= 15 is 0 Å². The molecular formula is C50H83NO18. The fraction of sp³-hybridized carbons (Fsp3) is 0.720. The molecule has 19 heteroatoms. The quantitative estimate of drug-likeness (QED) is 0.0253. The van der Waals surface area contributed by atoms with Gasteiger partial charge in [-0.05, 0) is 52.4 Å². The molecule has 396 valence electrons. The van der Waals surface area contributed by atoms with Gasteiger partial charge in [0, 0.05) is 43.5 Å². The lowest BCUT2D eigenvalue weighted by Gasteiger charge is -2.48. The van der Waals surface area contributed by atoms with Gasteiger partial charge in [0.15, 0.2) is 18.2 Å². The highest BCUT2D eigenvalue weighted by atomic mass is 16.7. The van der Waals surface area contributed by atoms with Crippen LogP contribution in [-0.2, 0) is 23.8 Å². The molecule has 2 aliphatic heterocycles. The van der Waals surface area contributed by atoms with Crippen molar-refractivity contribution in [2.75, 3.05) is 21.1 Å². The Morgan fingerprint density at radius 3 is 1.93 bits per heavy atom. The number of carbonyl (C=O) groups excluding carboxylic acids is 1. The SMILES string of the molecule is C[C@H]([C@H](O)[C@@H](C)/C=C/C=C/CC/C=C/C=C/C=C/C=C/[C@@H](C[C@@H]1O[C@](O)(C[C@@H](O)[C@H](O)CC[C@@H](O)C[C@@H](O)C[C@@H](O)CC(=O)[O-])C[C@H](O)[C@H]1C(=O)O)OC1O[C@H](C)[C@@H](O)[C@H]([N+](C)(C)C)[C@@H]1O)[C@H](C)O. The Morgan fingerprint density at radius 1 is 0.783 bits per heavy atom. The van der Waals surface area contributed by atoms with Crippen molar-refractivity contribution in [3.05, 3.63) is 72.9 Å². The van der Waals surface area contributed by atoms with Crippen LogP contribution in [-0.4, -0.2) is 196 Å². The summed E-state index contributed by atoms with van der Waals surface area (Å²) in [5, 5.41) is 138. The molecule has 0 amide bonds. The van der Waals surface area contributed by atoms with Crippen molar-refractivity contribution >= 4 is 11.9 Å². The number of aliphatic hydroxyl groups is 11. The Kier molecular flexibility index (Phi) is 26.9. The monoisotopic (exact) mass is 986 g/mol. The third-order valence-electron chi connectivity index (χ3n) is 12.8. The van der Waals surface area contributed by atoms with Gasteiger partial charge in [-0.2, -0.15) is 0 Å². The predicted molar refractivity (Wildman–Crippen MR) is 252 cm³/mol. The molecule has 0 saturated carbocycles. The molecule has 19 nitrogen and oxygen atoms in total. The lowest BCUT2D eigenvalue weighted by atomic mass is 9.82. The van der Waals surface area contributed by atoms with Crippen LogP contribution in [0.3, 0.4) is 0 Å².